The minimum Gasteiger partial charge on any atom is -0.453 e. The summed E-state index contributed by atoms with van der Waals surface area (Å²) in [7, 11) is 0. The van der Waals surface area contributed by atoms with Crippen LogP contribution in [0, 0.1) is 6.92 Å². The van der Waals surface area contributed by atoms with Crippen LogP contribution in [0.1, 0.15) is 28.6 Å². The smallest absolute Gasteiger partial charge is 0.169 e. The Balaban J connectivity index is 1.91. The number of aromatic nitrogens is 1. The SMILES string of the molecule is Cc1cnc(C(C)NCc2ccc(Br)o2)s1. The fourth-order valence-corrected chi connectivity index (χ4v) is 2.50. The summed E-state index contributed by atoms with van der Waals surface area (Å²) in [6.45, 7) is 4.89. The fraction of sp³-hybridized carbons (Fsp3) is 0.364. The predicted molar refractivity (Wildman–Crippen MR) is 68.5 cm³/mol. The zero-order valence-corrected chi connectivity index (χ0v) is 11.6. The molecule has 0 aliphatic carbocycles. The molecule has 1 unspecified atom stereocenters. The number of halogens is 1. The van der Waals surface area contributed by atoms with E-state index in [1.165, 1.54) is 4.88 Å². The standard InChI is InChI=1S/C11H13BrN2OS/c1-7-5-14-11(16-7)8(2)13-6-9-3-4-10(12)15-9/h3-5,8,13H,6H2,1-2H3. The summed E-state index contributed by atoms with van der Waals surface area (Å²) in [6, 6.07) is 4.11. The molecule has 1 N–H and O–H groups in total. The average Bonchev–Trinajstić information content (AvgIpc) is 2.84. The lowest BCUT2D eigenvalue weighted by molar-refractivity contribution is 0.446. The van der Waals surface area contributed by atoms with Crippen molar-refractivity contribution in [1.29, 1.82) is 0 Å². The first-order valence-corrected chi connectivity index (χ1v) is 6.66. The Morgan fingerprint density at radius 1 is 1.56 bits per heavy atom. The van der Waals surface area contributed by atoms with Crippen LogP contribution in [0.3, 0.4) is 0 Å². The molecule has 0 radical (unpaired) electrons. The Morgan fingerprint density at radius 2 is 2.38 bits per heavy atom. The zero-order chi connectivity index (χ0) is 11.5. The van der Waals surface area contributed by atoms with E-state index in [-0.39, 0.29) is 6.04 Å². The van der Waals surface area contributed by atoms with Crippen molar-refractivity contribution >= 4 is 27.3 Å². The van der Waals surface area contributed by atoms with E-state index < -0.39 is 0 Å². The average molecular weight is 301 g/mol. The molecule has 5 heteroatoms. The highest BCUT2D eigenvalue weighted by molar-refractivity contribution is 9.10. The van der Waals surface area contributed by atoms with Crippen molar-refractivity contribution in [2.24, 2.45) is 0 Å². The largest absolute Gasteiger partial charge is 0.453 e. The van der Waals surface area contributed by atoms with Crippen LogP contribution in [0.5, 0.6) is 0 Å². The molecule has 1 atom stereocenters. The van der Waals surface area contributed by atoms with Gasteiger partial charge >= 0.3 is 0 Å². The maximum Gasteiger partial charge on any atom is 0.169 e. The molecule has 0 aliphatic rings. The maximum atomic E-state index is 5.41. The Hall–Kier alpha value is -0.650. The van der Waals surface area contributed by atoms with E-state index in [0.29, 0.717) is 6.54 Å². The van der Waals surface area contributed by atoms with Crippen LogP contribution >= 0.6 is 27.3 Å². The Bertz CT molecular complexity index is 466. The molecule has 0 bridgehead atoms. The highest BCUT2D eigenvalue weighted by Crippen LogP contribution is 2.20. The van der Waals surface area contributed by atoms with E-state index in [1.807, 2.05) is 18.3 Å². The second kappa shape index (κ2) is 5.12. The van der Waals surface area contributed by atoms with Gasteiger partial charge in [-0.15, -0.1) is 11.3 Å². The first kappa shape index (κ1) is 11.8. The molecule has 2 aromatic heterocycles. The lowest BCUT2D eigenvalue weighted by Crippen LogP contribution is -2.17. The van der Waals surface area contributed by atoms with Gasteiger partial charge in [-0.2, -0.15) is 0 Å². The van der Waals surface area contributed by atoms with Crippen LogP contribution in [0.25, 0.3) is 0 Å². The number of thiazole rings is 1. The van der Waals surface area contributed by atoms with Gasteiger partial charge in [0.05, 0.1) is 12.6 Å². The van der Waals surface area contributed by atoms with Crippen LogP contribution in [-0.4, -0.2) is 4.98 Å². The lowest BCUT2D eigenvalue weighted by atomic mass is 10.3. The molecule has 2 aromatic rings. The monoisotopic (exact) mass is 300 g/mol. The summed E-state index contributed by atoms with van der Waals surface area (Å²) >= 11 is 5.01. The molecule has 0 aliphatic heterocycles. The number of rotatable bonds is 4. The van der Waals surface area contributed by atoms with Gasteiger partial charge in [0.1, 0.15) is 10.8 Å². The van der Waals surface area contributed by atoms with Crippen LogP contribution in [0.2, 0.25) is 0 Å². The Kier molecular flexibility index (Phi) is 3.78. The molecule has 2 rings (SSSR count). The third kappa shape index (κ3) is 2.93. The van der Waals surface area contributed by atoms with Crippen LogP contribution < -0.4 is 5.32 Å². The molecule has 0 saturated heterocycles. The van der Waals surface area contributed by atoms with Crippen LogP contribution in [-0.2, 0) is 6.54 Å². The van der Waals surface area contributed by atoms with E-state index in [0.717, 1.165) is 15.4 Å². The molecular formula is C11H13BrN2OS. The van der Waals surface area contributed by atoms with Gasteiger partial charge < -0.3 is 9.73 Å². The first-order chi connectivity index (χ1) is 7.65. The molecule has 3 nitrogen and oxygen atoms in total. The molecule has 0 saturated carbocycles. The highest BCUT2D eigenvalue weighted by Gasteiger charge is 2.09. The van der Waals surface area contributed by atoms with Crippen LogP contribution in [0.4, 0.5) is 0 Å². The molecule has 0 fully saturated rings. The van der Waals surface area contributed by atoms with Crippen molar-refractivity contribution in [3.63, 3.8) is 0 Å². The summed E-state index contributed by atoms with van der Waals surface area (Å²) in [5.74, 6) is 0.923. The normalized spacial score (nSPS) is 12.9. The molecule has 0 amide bonds. The van der Waals surface area contributed by atoms with Crippen molar-refractivity contribution in [3.8, 4) is 0 Å². The number of aryl methyl sites for hydroxylation is 1. The van der Waals surface area contributed by atoms with E-state index in [4.69, 9.17) is 4.42 Å². The number of hydrogen-bond donors (Lipinski definition) is 1. The molecular weight excluding hydrogens is 288 g/mol. The molecule has 16 heavy (non-hydrogen) atoms. The number of nitrogens with zero attached hydrogens (tertiary/aromatic N) is 1. The van der Waals surface area contributed by atoms with Gasteiger partial charge in [0, 0.05) is 11.1 Å². The Labute approximate surface area is 107 Å². The summed E-state index contributed by atoms with van der Waals surface area (Å²) < 4.78 is 6.18. The number of hydrogen-bond acceptors (Lipinski definition) is 4. The van der Waals surface area contributed by atoms with Gasteiger partial charge in [-0.3, -0.25) is 0 Å². The van der Waals surface area contributed by atoms with E-state index >= 15 is 0 Å². The van der Waals surface area contributed by atoms with Crippen molar-refractivity contribution in [2.45, 2.75) is 26.4 Å². The first-order valence-electron chi connectivity index (χ1n) is 5.05. The second-order valence-electron chi connectivity index (χ2n) is 3.62. The van der Waals surface area contributed by atoms with Gasteiger partial charge in [0.25, 0.3) is 0 Å². The third-order valence-electron chi connectivity index (χ3n) is 2.22. The minimum atomic E-state index is 0.252. The van der Waals surface area contributed by atoms with E-state index in [1.54, 1.807) is 11.3 Å². The van der Waals surface area contributed by atoms with E-state index in [2.05, 4.69) is 40.1 Å². The summed E-state index contributed by atoms with van der Waals surface area (Å²) in [4.78, 5) is 5.59. The molecule has 0 aromatic carbocycles. The zero-order valence-electron chi connectivity index (χ0n) is 9.16. The summed E-state index contributed by atoms with van der Waals surface area (Å²) in [6.07, 6.45) is 1.90. The number of furan rings is 1. The van der Waals surface area contributed by atoms with Crippen molar-refractivity contribution in [2.75, 3.05) is 0 Å². The van der Waals surface area contributed by atoms with Gasteiger partial charge in [0.15, 0.2) is 4.67 Å². The van der Waals surface area contributed by atoms with Gasteiger partial charge in [0.2, 0.25) is 0 Å². The maximum absolute atomic E-state index is 5.41. The topological polar surface area (TPSA) is 38.1 Å². The summed E-state index contributed by atoms with van der Waals surface area (Å²) in [5.41, 5.74) is 0. The molecule has 0 spiro atoms. The molecule has 86 valence electrons. The third-order valence-corrected chi connectivity index (χ3v) is 3.74. The van der Waals surface area contributed by atoms with Gasteiger partial charge in [-0.1, -0.05) is 0 Å². The van der Waals surface area contributed by atoms with Crippen molar-refractivity contribution in [3.05, 3.63) is 38.6 Å². The predicted octanol–water partition coefficient (Wildman–Crippen LogP) is 3.66. The number of nitrogens with one attached hydrogen (secondary N) is 1. The minimum absolute atomic E-state index is 0.252. The summed E-state index contributed by atoms with van der Waals surface area (Å²) in [5, 5.41) is 4.49. The quantitative estimate of drug-likeness (QED) is 0.936. The van der Waals surface area contributed by atoms with E-state index in [9.17, 15) is 0 Å². The highest BCUT2D eigenvalue weighted by atomic mass is 79.9. The van der Waals surface area contributed by atoms with Gasteiger partial charge in [-0.25, -0.2) is 4.98 Å². The van der Waals surface area contributed by atoms with Gasteiger partial charge in [-0.05, 0) is 41.9 Å². The van der Waals surface area contributed by atoms with Crippen LogP contribution in [0.15, 0.2) is 27.4 Å². The van der Waals surface area contributed by atoms with Crippen molar-refractivity contribution in [1.82, 2.24) is 10.3 Å². The van der Waals surface area contributed by atoms with Crippen molar-refractivity contribution < 1.29 is 4.42 Å². The lowest BCUT2D eigenvalue weighted by Gasteiger charge is -2.09. The Morgan fingerprint density at radius 3 is 2.94 bits per heavy atom. The second-order valence-corrected chi connectivity index (χ2v) is 5.67. The fourth-order valence-electron chi connectivity index (χ4n) is 1.36. The molecule has 2 heterocycles.